The molecule has 1 unspecified atom stereocenters. The molecule has 0 bridgehead atoms. The molecule has 0 heterocycles. The van der Waals surface area contributed by atoms with Crippen LogP contribution in [0.3, 0.4) is 0 Å². The van der Waals surface area contributed by atoms with Gasteiger partial charge in [0.05, 0.1) is 6.10 Å². The second-order valence-electron chi connectivity index (χ2n) is 3.26. The Labute approximate surface area is 87.2 Å². The molecule has 0 aliphatic heterocycles. The molecule has 1 aromatic rings. The minimum Gasteiger partial charge on any atom is -0.384 e. The Bertz CT molecular complexity index is 331. The molecule has 1 aromatic carbocycles. The van der Waals surface area contributed by atoms with Crippen molar-refractivity contribution in [3.8, 4) is 0 Å². The molecule has 0 aromatic heterocycles. The number of hydrogen-bond donors (Lipinski definition) is 1. The molecule has 0 spiro atoms. The Kier molecular flexibility index (Phi) is 3.28. The molecule has 1 rings (SSSR count). The van der Waals surface area contributed by atoms with Crippen LogP contribution in [0.1, 0.15) is 24.2 Å². The number of hydrogen-bond acceptors (Lipinski definition) is 1. The molecule has 0 fully saturated rings. The third-order valence-electron chi connectivity index (χ3n) is 1.96. The highest BCUT2D eigenvalue weighted by atomic mass is 79.9. The maximum absolute atomic E-state index is 9.70. The molecule has 70 valence electrons. The van der Waals surface area contributed by atoms with Gasteiger partial charge in [-0.2, -0.15) is 0 Å². The first kappa shape index (κ1) is 10.5. The third-order valence-corrected chi connectivity index (χ3v) is 2.85. The fraction of sp³-hybridized carbons (Fsp3) is 0.273. The molecule has 0 amide bonds. The Morgan fingerprint density at radius 1 is 1.54 bits per heavy atom. The van der Waals surface area contributed by atoms with Gasteiger partial charge in [0.1, 0.15) is 0 Å². The average Bonchev–Trinajstić information content (AvgIpc) is 2.08. The largest absolute Gasteiger partial charge is 0.384 e. The molecule has 0 saturated heterocycles. The number of benzene rings is 1. The van der Waals surface area contributed by atoms with Gasteiger partial charge in [-0.3, -0.25) is 0 Å². The quantitative estimate of drug-likeness (QED) is 0.787. The van der Waals surface area contributed by atoms with Crippen molar-refractivity contribution in [1.29, 1.82) is 0 Å². The molecule has 0 aliphatic carbocycles. The van der Waals surface area contributed by atoms with Crippen molar-refractivity contribution >= 4 is 15.9 Å². The summed E-state index contributed by atoms with van der Waals surface area (Å²) in [6.45, 7) is 7.54. The first-order chi connectivity index (χ1) is 6.02. The Hall–Kier alpha value is -0.600. The molecule has 2 heteroatoms. The van der Waals surface area contributed by atoms with E-state index in [9.17, 15) is 5.11 Å². The molecule has 1 nitrogen and oxygen atoms in total. The summed E-state index contributed by atoms with van der Waals surface area (Å²) in [7, 11) is 0. The van der Waals surface area contributed by atoms with Gasteiger partial charge in [0, 0.05) is 4.47 Å². The van der Waals surface area contributed by atoms with Gasteiger partial charge in [-0.1, -0.05) is 34.6 Å². The van der Waals surface area contributed by atoms with Crippen LogP contribution in [0, 0.1) is 6.92 Å². The molecule has 0 saturated carbocycles. The van der Waals surface area contributed by atoms with Crippen LogP contribution in [0.4, 0.5) is 0 Å². The first-order valence-corrected chi connectivity index (χ1v) is 4.91. The molecule has 13 heavy (non-hydrogen) atoms. The highest BCUT2D eigenvalue weighted by Gasteiger charge is 2.08. The van der Waals surface area contributed by atoms with Crippen molar-refractivity contribution in [2.24, 2.45) is 0 Å². The topological polar surface area (TPSA) is 20.2 Å². The highest BCUT2D eigenvalue weighted by Crippen LogP contribution is 2.24. The van der Waals surface area contributed by atoms with E-state index in [1.165, 1.54) is 0 Å². The summed E-state index contributed by atoms with van der Waals surface area (Å²) in [5.74, 6) is 0. The van der Waals surface area contributed by atoms with Crippen LogP contribution in [0.25, 0.3) is 0 Å². The predicted octanol–water partition coefficient (Wildman–Crippen LogP) is 3.37. The van der Waals surface area contributed by atoms with Gasteiger partial charge in [-0.15, -0.1) is 0 Å². The fourth-order valence-corrected chi connectivity index (χ4v) is 1.37. The van der Waals surface area contributed by atoms with Crippen molar-refractivity contribution in [3.63, 3.8) is 0 Å². The van der Waals surface area contributed by atoms with E-state index < -0.39 is 6.10 Å². The lowest BCUT2D eigenvalue weighted by atomic mass is 10.0. The zero-order valence-corrected chi connectivity index (χ0v) is 9.43. The first-order valence-electron chi connectivity index (χ1n) is 4.12. The van der Waals surface area contributed by atoms with E-state index in [-0.39, 0.29) is 0 Å². The highest BCUT2D eigenvalue weighted by molar-refractivity contribution is 9.10. The van der Waals surface area contributed by atoms with E-state index >= 15 is 0 Å². The van der Waals surface area contributed by atoms with Crippen molar-refractivity contribution in [2.75, 3.05) is 0 Å². The number of halogens is 1. The summed E-state index contributed by atoms with van der Waals surface area (Å²) in [6, 6.07) is 5.80. The maximum Gasteiger partial charge on any atom is 0.0995 e. The van der Waals surface area contributed by atoms with E-state index in [0.29, 0.717) is 0 Å². The van der Waals surface area contributed by atoms with E-state index in [2.05, 4.69) is 22.5 Å². The normalized spacial score (nSPS) is 12.6. The summed E-state index contributed by atoms with van der Waals surface area (Å²) < 4.78 is 1.06. The lowest BCUT2D eigenvalue weighted by Crippen LogP contribution is -1.98. The number of aliphatic hydroxyl groups excluding tert-OH is 1. The molecule has 0 aliphatic rings. The van der Waals surface area contributed by atoms with Crippen LogP contribution >= 0.6 is 15.9 Å². The van der Waals surface area contributed by atoms with Crippen LogP contribution in [0.5, 0.6) is 0 Å². The summed E-state index contributed by atoms with van der Waals surface area (Å²) in [6.07, 6.45) is -0.549. The van der Waals surface area contributed by atoms with Gasteiger partial charge >= 0.3 is 0 Å². The van der Waals surface area contributed by atoms with Crippen molar-refractivity contribution in [2.45, 2.75) is 20.0 Å². The molecule has 1 atom stereocenters. The van der Waals surface area contributed by atoms with Crippen molar-refractivity contribution in [1.82, 2.24) is 0 Å². The zero-order chi connectivity index (χ0) is 10.0. The number of aliphatic hydroxyl groups is 1. The zero-order valence-electron chi connectivity index (χ0n) is 7.84. The van der Waals surface area contributed by atoms with Gasteiger partial charge in [0.25, 0.3) is 0 Å². The monoisotopic (exact) mass is 240 g/mol. The summed E-state index contributed by atoms with van der Waals surface area (Å²) in [5, 5.41) is 9.70. The summed E-state index contributed by atoms with van der Waals surface area (Å²) >= 11 is 3.41. The van der Waals surface area contributed by atoms with Crippen LogP contribution in [-0.2, 0) is 0 Å². The SMILES string of the molecule is C=C(C)C(O)c1ccc(Br)c(C)c1. The van der Waals surface area contributed by atoms with Crippen LogP contribution in [0.15, 0.2) is 34.8 Å². The van der Waals surface area contributed by atoms with E-state index in [1.807, 2.05) is 32.0 Å². The van der Waals surface area contributed by atoms with Crippen LogP contribution in [-0.4, -0.2) is 5.11 Å². The summed E-state index contributed by atoms with van der Waals surface area (Å²) in [4.78, 5) is 0. The van der Waals surface area contributed by atoms with Gasteiger partial charge in [0.15, 0.2) is 0 Å². The van der Waals surface area contributed by atoms with Crippen LogP contribution < -0.4 is 0 Å². The molecule has 0 radical (unpaired) electrons. The Morgan fingerprint density at radius 2 is 2.15 bits per heavy atom. The number of aryl methyl sites for hydroxylation is 1. The van der Waals surface area contributed by atoms with Gasteiger partial charge in [0.2, 0.25) is 0 Å². The maximum atomic E-state index is 9.70. The minimum absolute atomic E-state index is 0.549. The van der Waals surface area contributed by atoms with Crippen molar-refractivity contribution < 1.29 is 5.11 Å². The average molecular weight is 241 g/mol. The van der Waals surface area contributed by atoms with Gasteiger partial charge in [-0.05, 0) is 36.6 Å². The lowest BCUT2D eigenvalue weighted by Gasteiger charge is -2.11. The fourth-order valence-electron chi connectivity index (χ4n) is 1.12. The Morgan fingerprint density at radius 3 is 2.62 bits per heavy atom. The standard InChI is InChI=1S/C11H13BrO/c1-7(2)11(13)9-4-5-10(12)8(3)6-9/h4-6,11,13H,1H2,2-3H3. The smallest absolute Gasteiger partial charge is 0.0995 e. The Balaban J connectivity index is 3.03. The van der Waals surface area contributed by atoms with Gasteiger partial charge in [-0.25, -0.2) is 0 Å². The molecular formula is C11H13BrO. The van der Waals surface area contributed by atoms with Crippen molar-refractivity contribution in [3.05, 3.63) is 46.0 Å². The number of rotatable bonds is 2. The summed E-state index contributed by atoms with van der Waals surface area (Å²) in [5.41, 5.74) is 2.78. The van der Waals surface area contributed by atoms with E-state index in [1.54, 1.807) is 0 Å². The van der Waals surface area contributed by atoms with E-state index in [4.69, 9.17) is 0 Å². The lowest BCUT2D eigenvalue weighted by molar-refractivity contribution is 0.216. The second-order valence-corrected chi connectivity index (χ2v) is 4.11. The predicted molar refractivity (Wildman–Crippen MR) is 58.7 cm³/mol. The minimum atomic E-state index is -0.549. The van der Waals surface area contributed by atoms with Crippen LogP contribution in [0.2, 0.25) is 0 Å². The van der Waals surface area contributed by atoms with E-state index in [0.717, 1.165) is 21.2 Å². The molecule has 1 N–H and O–H groups in total. The third kappa shape index (κ3) is 2.42. The molecular weight excluding hydrogens is 228 g/mol. The van der Waals surface area contributed by atoms with Gasteiger partial charge < -0.3 is 5.11 Å². The second kappa shape index (κ2) is 4.07.